The summed E-state index contributed by atoms with van der Waals surface area (Å²) < 4.78 is 2.07. The Morgan fingerprint density at radius 2 is 1.87 bits per heavy atom. The number of hydrogen-bond acceptors (Lipinski definition) is 3. The van der Waals surface area contributed by atoms with E-state index in [1.807, 2.05) is 53.4 Å². The monoisotopic (exact) mass is 455 g/mol. The number of carbonyl (C=O) groups is 1. The molecule has 2 aromatic carbocycles. The van der Waals surface area contributed by atoms with Gasteiger partial charge in [0.1, 0.15) is 0 Å². The fraction of sp³-hybridized carbons (Fsp3) is 0.375. The number of hydrogen-bond donors (Lipinski definition) is 1. The van der Waals surface area contributed by atoms with Crippen molar-refractivity contribution in [1.29, 1.82) is 0 Å². The summed E-state index contributed by atoms with van der Waals surface area (Å²) >= 11 is 11.4. The predicted octanol–water partition coefficient (Wildman–Crippen LogP) is 5.64. The topological polar surface area (TPSA) is 58.1 Å². The number of carbonyl (C=O) groups excluding carboxylic acids is 1. The van der Waals surface area contributed by atoms with Crippen molar-refractivity contribution in [3.05, 3.63) is 74.2 Å². The Morgan fingerprint density at radius 3 is 2.68 bits per heavy atom. The van der Waals surface area contributed by atoms with Crippen LogP contribution in [0, 0.1) is 4.77 Å². The smallest absolute Gasteiger partial charge is 0.262 e. The van der Waals surface area contributed by atoms with Crippen molar-refractivity contribution in [1.82, 2.24) is 14.5 Å². The maximum Gasteiger partial charge on any atom is 0.262 e. The van der Waals surface area contributed by atoms with Gasteiger partial charge in [-0.15, -0.1) is 0 Å². The summed E-state index contributed by atoms with van der Waals surface area (Å²) in [6, 6.07) is 15.4. The molecule has 31 heavy (non-hydrogen) atoms. The number of fused-ring (bicyclic) bond motifs is 1. The number of aromatic nitrogens is 2. The third-order valence-corrected chi connectivity index (χ3v) is 6.56. The van der Waals surface area contributed by atoms with Gasteiger partial charge in [-0.1, -0.05) is 42.3 Å². The zero-order valence-electron chi connectivity index (χ0n) is 17.4. The molecule has 7 heteroatoms. The molecule has 4 rings (SSSR count). The van der Waals surface area contributed by atoms with Crippen LogP contribution >= 0.6 is 23.8 Å². The summed E-state index contributed by atoms with van der Waals surface area (Å²) in [5.41, 5.74) is 1.86. The minimum atomic E-state index is -0.0571. The van der Waals surface area contributed by atoms with Crippen LogP contribution in [0.25, 0.3) is 10.9 Å². The first-order valence-corrected chi connectivity index (χ1v) is 11.6. The minimum absolute atomic E-state index is 0.0571. The molecule has 1 unspecified atom stereocenters. The number of unbranched alkanes of at least 4 members (excludes halogenated alkanes) is 2. The number of likely N-dealkylation sites (tertiary alicyclic amines) is 1. The van der Waals surface area contributed by atoms with Gasteiger partial charge in [-0.05, 0) is 67.7 Å². The summed E-state index contributed by atoms with van der Waals surface area (Å²) in [6.07, 6.45) is 5.05. The Hall–Kier alpha value is -2.44. The molecule has 1 amide bonds. The summed E-state index contributed by atoms with van der Waals surface area (Å²) in [6.45, 7) is 1.37. The van der Waals surface area contributed by atoms with E-state index < -0.39 is 0 Å². The SMILES string of the molecule is O=C(CCCCCn1c(=S)[nH]c2ccccc2c1=O)N1CCCC1c1ccc(Cl)cc1. The molecular formula is C24H26ClN3O2S. The number of aromatic amines is 1. The first-order valence-electron chi connectivity index (χ1n) is 10.8. The van der Waals surface area contributed by atoms with E-state index >= 15 is 0 Å². The number of halogens is 1. The highest BCUT2D eigenvalue weighted by atomic mass is 35.5. The van der Waals surface area contributed by atoms with Gasteiger partial charge >= 0.3 is 0 Å². The Kier molecular flexibility index (Phi) is 6.88. The number of nitrogens with one attached hydrogen (secondary N) is 1. The van der Waals surface area contributed by atoms with Crippen LogP contribution in [0.5, 0.6) is 0 Å². The largest absolute Gasteiger partial charge is 0.336 e. The molecule has 1 aliphatic rings. The van der Waals surface area contributed by atoms with Crippen molar-refractivity contribution in [3.8, 4) is 0 Å². The maximum absolute atomic E-state index is 12.8. The molecule has 3 aromatic rings. The van der Waals surface area contributed by atoms with Crippen molar-refractivity contribution in [2.75, 3.05) is 6.54 Å². The lowest BCUT2D eigenvalue weighted by molar-refractivity contribution is -0.132. The van der Waals surface area contributed by atoms with Gasteiger partial charge in [0.2, 0.25) is 5.91 Å². The molecule has 1 aromatic heterocycles. The highest BCUT2D eigenvalue weighted by molar-refractivity contribution is 7.71. The second-order valence-electron chi connectivity index (χ2n) is 8.04. The molecule has 0 radical (unpaired) electrons. The standard InChI is InChI=1S/C24H26ClN3O2S/c25-18-13-11-17(12-14-18)21-9-6-16-27(21)22(29)10-2-1-5-15-28-23(30)19-7-3-4-8-20(19)26-24(28)31/h3-4,7-8,11-14,21H,1-2,5-6,9-10,15-16H2,(H,26,31). The Morgan fingerprint density at radius 1 is 1.10 bits per heavy atom. The number of amides is 1. The quantitative estimate of drug-likeness (QED) is 0.370. The Labute approximate surface area is 191 Å². The van der Waals surface area contributed by atoms with Crippen LogP contribution in [0.4, 0.5) is 0 Å². The maximum atomic E-state index is 12.8. The summed E-state index contributed by atoms with van der Waals surface area (Å²) in [7, 11) is 0. The van der Waals surface area contributed by atoms with E-state index in [2.05, 4.69) is 4.98 Å². The van der Waals surface area contributed by atoms with Gasteiger partial charge in [-0.25, -0.2) is 0 Å². The predicted molar refractivity (Wildman–Crippen MR) is 127 cm³/mol. The van der Waals surface area contributed by atoms with Crippen molar-refractivity contribution < 1.29 is 4.79 Å². The molecule has 2 heterocycles. The van der Waals surface area contributed by atoms with E-state index in [0.717, 1.165) is 49.7 Å². The molecule has 0 spiro atoms. The van der Waals surface area contributed by atoms with Gasteiger partial charge in [-0.3, -0.25) is 14.2 Å². The number of nitrogens with zero attached hydrogens (tertiary/aromatic N) is 2. The molecular weight excluding hydrogens is 430 g/mol. The second-order valence-corrected chi connectivity index (χ2v) is 8.86. The minimum Gasteiger partial charge on any atom is -0.336 e. The number of H-pyrrole nitrogens is 1. The lowest BCUT2D eigenvalue weighted by atomic mass is 10.0. The van der Waals surface area contributed by atoms with E-state index in [-0.39, 0.29) is 17.5 Å². The molecule has 1 saturated heterocycles. The molecule has 162 valence electrons. The average molecular weight is 456 g/mol. The number of para-hydroxylation sites is 1. The summed E-state index contributed by atoms with van der Waals surface area (Å²) in [4.78, 5) is 30.6. The first-order chi connectivity index (χ1) is 15.0. The zero-order valence-corrected chi connectivity index (χ0v) is 18.9. The third kappa shape index (κ3) is 4.91. The number of benzene rings is 2. The van der Waals surface area contributed by atoms with Gasteiger partial charge in [-0.2, -0.15) is 0 Å². The van der Waals surface area contributed by atoms with Crippen LogP contribution in [0.1, 0.15) is 50.1 Å². The number of rotatable bonds is 7. The fourth-order valence-corrected chi connectivity index (χ4v) is 4.78. The lowest BCUT2D eigenvalue weighted by Gasteiger charge is -2.25. The van der Waals surface area contributed by atoms with E-state index in [1.165, 1.54) is 0 Å². The van der Waals surface area contributed by atoms with E-state index in [0.29, 0.717) is 28.1 Å². The van der Waals surface area contributed by atoms with Crippen LogP contribution < -0.4 is 5.56 Å². The van der Waals surface area contributed by atoms with Crippen molar-refractivity contribution in [2.24, 2.45) is 0 Å². The highest BCUT2D eigenvalue weighted by Gasteiger charge is 2.29. The van der Waals surface area contributed by atoms with Gasteiger partial charge in [0.05, 0.1) is 16.9 Å². The molecule has 5 nitrogen and oxygen atoms in total. The van der Waals surface area contributed by atoms with Gasteiger partial charge in [0.25, 0.3) is 5.56 Å². The van der Waals surface area contributed by atoms with Crippen LogP contribution in [0.3, 0.4) is 0 Å². The van der Waals surface area contributed by atoms with E-state index in [1.54, 1.807) is 4.57 Å². The normalized spacial score (nSPS) is 16.2. The molecule has 0 aliphatic carbocycles. The van der Waals surface area contributed by atoms with Crippen molar-refractivity contribution >= 4 is 40.6 Å². The molecule has 1 atom stereocenters. The zero-order chi connectivity index (χ0) is 21.8. The molecule has 0 bridgehead atoms. The first kappa shape index (κ1) is 21.8. The van der Waals surface area contributed by atoms with Gasteiger partial charge < -0.3 is 9.88 Å². The lowest BCUT2D eigenvalue weighted by Crippen LogP contribution is -2.30. The third-order valence-electron chi connectivity index (χ3n) is 5.99. The molecule has 1 N–H and O–H groups in total. The second kappa shape index (κ2) is 9.79. The van der Waals surface area contributed by atoms with Gasteiger partial charge in [0.15, 0.2) is 4.77 Å². The molecule has 1 aliphatic heterocycles. The highest BCUT2D eigenvalue weighted by Crippen LogP contribution is 2.33. The van der Waals surface area contributed by atoms with Crippen LogP contribution in [-0.4, -0.2) is 26.9 Å². The van der Waals surface area contributed by atoms with Gasteiger partial charge in [0, 0.05) is 24.5 Å². The van der Waals surface area contributed by atoms with Crippen LogP contribution in [-0.2, 0) is 11.3 Å². The molecule has 0 saturated carbocycles. The van der Waals surface area contributed by atoms with Crippen LogP contribution in [0.2, 0.25) is 5.02 Å². The Bertz CT molecular complexity index is 1190. The fourth-order valence-electron chi connectivity index (χ4n) is 4.37. The average Bonchev–Trinajstić information content (AvgIpc) is 3.26. The molecule has 1 fully saturated rings. The van der Waals surface area contributed by atoms with Crippen molar-refractivity contribution in [3.63, 3.8) is 0 Å². The Balaban J connectivity index is 1.30. The van der Waals surface area contributed by atoms with E-state index in [4.69, 9.17) is 23.8 Å². The van der Waals surface area contributed by atoms with E-state index in [9.17, 15) is 9.59 Å². The van der Waals surface area contributed by atoms with Crippen molar-refractivity contribution in [2.45, 2.75) is 51.1 Å². The summed E-state index contributed by atoms with van der Waals surface area (Å²) in [5.74, 6) is 0.206. The summed E-state index contributed by atoms with van der Waals surface area (Å²) in [5, 5.41) is 1.36. The van der Waals surface area contributed by atoms with Crippen LogP contribution in [0.15, 0.2) is 53.3 Å².